The minimum atomic E-state index is -0.266. The van der Waals surface area contributed by atoms with E-state index < -0.39 is 0 Å². The second-order valence-corrected chi connectivity index (χ2v) is 4.37. The van der Waals surface area contributed by atoms with Crippen molar-refractivity contribution >= 4 is 10.9 Å². The van der Waals surface area contributed by atoms with Crippen LogP contribution in [0.2, 0.25) is 0 Å². The van der Waals surface area contributed by atoms with Gasteiger partial charge in [-0.3, -0.25) is 13.9 Å². The van der Waals surface area contributed by atoms with Crippen molar-refractivity contribution in [2.45, 2.75) is 39.8 Å². The van der Waals surface area contributed by atoms with Crippen LogP contribution < -0.4 is 11.2 Å². The Kier molecular flexibility index (Phi) is 2.92. The Hall–Kier alpha value is -1.78. The Morgan fingerprint density at radius 2 is 2.00 bits per heavy atom. The van der Waals surface area contributed by atoms with Gasteiger partial charge in [-0.15, -0.1) is 0 Å². The molecule has 92 valence electrons. The lowest BCUT2D eigenvalue weighted by atomic mass is 10.3. The van der Waals surface area contributed by atoms with Crippen molar-refractivity contribution in [3.63, 3.8) is 0 Å². The highest BCUT2D eigenvalue weighted by atomic mass is 16.3. The summed E-state index contributed by atoms with van der Waals surface area (Å²) >= 11 is 0. The molecule has 17 heavy (non-hydrogen) atoms. The number of furan rings is 1. The summed E-state index contributed by atoms with van der Waals surface area (Å²) < 4.78 is 7.92. The summed E-state index contributed by atoms with van der Waals surface area (Å²) in [6.07, 6.45) is 3.60. The molecule has 0 saturated heterocycles. The maximum absolute atomic E-state index is 12.2. The van der Waals surface area contributed by atoms with E-state index in [1.54, 1.807) is 4.57 Å². The lowest BCUT2D eigenvalue weighted by molar-refractivity contribution is 0.520. The third-order valence-electron chi connectivity index (χ3n) is 2.78. The fourth-order valence-corrected chi connectivity index (χ4v) is 2.02. The first-order valence-corrected chi connectivity index (χ1v) is 5.79. The van der Waals surface area contributed by atoms with E-state index >= 15 is 0 Å². The van der Waals surface area contributed by atoms with E-state index in [1.165, 1.54) is 17.1 Å². The lowest BCUT2D eigenvalue weighted by Gasteiger charge is -2.13. The van der Waals surface area contributed by atoms with Crippen LogP contribution in [0.3, 0.4) is 0 Å². The summed E-state index contributed by atoms with van der Waals surface area (Å²) in [5.74, 6) is 0. The van der Waals surface area contributed by atoms with Crippen LogP contribution in [0.5, 0.6) is 0 Å². The SMILES string of the molecule is CCCn1c(=O)c2cocc2n(C(C)C)c1=O. The maximum atomic E-state index is 12.2. The van der Waals surface area contributed by atoms with Crippen molar-refractivity contribution < 1.29 is 4.42 Å². The molecule has 5 heteroatoms. The molecule has 0 aromatic carbocycles. The number of hydrogen-bond acceptors (Lipinski definition) is 3. The fraction of sp³-hybridized carbons (Fsp3) is 0.500. The third kappa shape index (κ3) is 1.71. The summed E-state index contributed by atoms with van der Waals surface area (Å²) in [7, 11) is 0. The quantitative estimate of drug-likeness (QED) is 0.815. The van der Waals surface area contributed by atoms with E-state index in [9.17, 15) is 9.59 Å². The molecule has 2 aromatic rings. The van der Waals surface area contributed by atoms with Crippen LogP contribution in [0.1, 0.15) is 33.2 Å². The summed E-state index contributed by atoms with van der Waals surface area (Å²) in [4.78, 5) is 24.3. The van der Waals surface area contributed by atoms with Crippen molar-refractivity contribution in [2.24, 2.45) is 0 Å². The normalized spacial score (nSPS) is 11.5. The molecule has 0 saturated carbocycles. The second-order valence-electron chi connectivity index (χ2n) is 4.37. The minimum absolute atomic E-state index is 0.00805. The van der Waals surface area contributed by atoms with Crippen molar-refractivity contribution in [1.29, 1.82) is 0 Å². The van der Waals surface area contributed by atoms with E-state index in [2.05, 4.69) is 0 Å². The molecule has 2 heterocycles. The van der Waals surface area contributed by atoms with Gasteiger partial charge in [0, 0.05) is 12.6 Å². The first-order chi connectivity index (χ1) is 8.07. The Balaban J connectivity index is 2.92. The van der Waals surface area contributed by atoms with Crippen LogP contribution in [-0.2, 0) is 6.54 Å². The monoisotopic (exact) mass is 236 g/mol. The third-order valence-corrected chi connectivity index (χ3v) is 2.78. The number of nitrogens with zero attached hydrogens (tertiary/aromatic N) is 2. The molecule has 0 atom stereocenters. The summed E-state index contributed by atoms with van der Waals surface area (Å²) in [6.45, 7) is 6.19. The Labute approximate surface area is 98.3 Å². The molecular formula is C12H16N2O3. The molecule has 2 aromatic heterocycles. The Bertz CT molecular complexity index is 646. The predicted molar refractivity (Wildman–Crippen MR) is 65.4 cm³/mol. The van der Waals surface area contributed by atoms with Gasteiger partial charge in [-0.25, -0.2) is 4.79 Å². The molecule has 5 nitrogen and oxygen atoms in total. The highest BCUT2D eigenvalue weighted by molar-refractivity contribution is 5.76. The molecule has 0 amide bonds. The molecule has 0 aliphatic heterocycles. The van der Waals surface area contributed by atoms with E-state index in [0.717, 1.165) is 6.42 Å². The van der Waals surface area contributed by atoms with Gasteiger partial charge in [0.1, 0.15) is 17.9 Å². The smallest absolute Gasteiger partial charge is 0.331 e. The first-order valence-electron chi connectivity index (χ1n) is 5.79. The molecule has 0 aliphatic carbocycles. The summed E-state index contributed by atoms with van der Waals surface area (Å²) in [6, 6.07) is -0.00805. The van der Waals surface area contributed by atoms with Gasteiger partial charge in [-0.05, 0) is 20.3 Å². The molecular weight excluding hydrogens is 220 g/mol. The largest absolute Gasteiger partial charge is 0.470 e. The van der Waals surface area contributed by atoms with Crippen LogP contribution in [0.4, 0.5) is 0 Å². The molecule has 0 aliphatic rings. The van der Waals surface area contributed by atoms with Crippen LogP contribution in [-0.4, -0.2) is 9.13 Å². The maximum Gasteiger partial charge on any atom is 0.331 e. The average molecular weight is 236 g/mol. The zero-order valence-corrected chi connectivity index (χ0v) is 10.3. The highest BCUT2D eigenvalue weighted by Gasteiger charge is 2.15. The zero-order chi connectivity index (χ0) is 12.6. The molecule has 0 N–H and O–H groups in total. The van der Waals surface area contributed by atoms with Gasteiger partial charge in [-0.2, -0.15) is 0 Å². The zero-order valence-electron chi connectivity index (χ0n) is 10.3. The standard InChI is InChI=1S/C12H16N2O3/c1-4-5-13-11(15)9-6-17-7-10(9)14(8(2)3)12(13)16/h6-8H,4-5H2,1-3H3. The van der Waals surface area contributed by atoms with Gasteiger partial charge >= 0.3 is 5.69 Å². The average Bonchev–Trinajstić information content (AvgIpc) is 2.72. The van der Waals surface area contributed by atoms with Crippen molar-refractivity contribution in [3.8, 4) is 0 Å². The number of aromatic nitrogens is 2. The summed E-state index contributed by atoms with van der Waals surface area (Å²) in [5, 5.41) is 0.465. The molecule has 0 radical (unpaired) electrons. The lowest BCUT2D eigenvalue weighted by Crippen LogP contribution is -2.40. The first kappa shape index (κ1) is 11.7. The molecule has 0 fully saturated rings. The van der Waals surface area contributed by atoms with Crippen LogP contribution in [0.15, 0.2) is 26.5 Å². The Morgan fingerprint density at radius 3 is 2.59 bits per heavy atom. The van der Waals surface area contributed by atoms with E-state index in [4.69, 9.17) is 4.42 Å². The number of rotatable bonds is 3. The van der Waals surface area contributed by atoms with Gasteiger partial charge in [-0.1, -0.05) is 6.92 Å². The van der Waals surface area contributed by atoms with E-state index in [1.807, 2.05) is 20.8 Å². The predicted octanol–water partition coefficient (Wildman–Crippen LogP) is 1.75. The molecule has 2 rings (SSSR count). The molecule has 0 unspecified atom stereocenters. The van der Waals surface area contributed by atoms with Crippen LogP contribution >= 0.6 is 0 Å². The van der Waals surface area contributed by atoms with Gasteiger partial charge in [0.05, 0.1) is 5.52 Å². The van der Waals surface area contributed by atoms with Crippen LogP contribution in [0.25, 0.3) is 10.9 Å². The number of fused-ring (bicyclic) bond motifs is 1. The van der Waals surface area contributed by atoms with E-state index in [0.29, 0.717) is 17.4 Å². The van der Waals surface area contributed by atoms with Crippen molar-refractivity contribution in [3.05, 3.63) is 33.4 Å². The minimum Gasteiger partial charge on any atom is -0.470 e. The topological polar surface area (TPSA) is 57.1 Å². The van der Waals surface area contributed by atoms with Gasteiger partial charge < -0.3 is 4.42 Å². The molecule has 0 spiro atoms. The number of hydrogen-bond donors (Lipinski definition) is 0. The fourth-order valence-electron chi connectivity index (χ4n) is 2.02. The highest BCUT2D eigenvalue weighted by Crippen LogP contribution is 2.13. The molecule has 0 bridgehead atoms. The summed E-state index contributed by atoms with van der Waals surface area (Å²) in [5.41, 5.74) is 0.0422. The second kappa shape index (κ2) is 4.24. The van der Waals surface area contributed by atoms with Crippen molar-refractivity contribution in [1.82, 2.24) is 9.13 Å². The van der Waals surface area contributed by atoms with Gasteiger partial charge in [0.25, 0.3) is 5.56 Å². The van der Waals surface area contributed by atoms with Gasteiger partial charge in [0.15, 0.2) is 0 Å². The van der Waals surface area contributed by atoms with E-state index in [-0.39, 0.29) is 17.3 Å². The Morgan fingerprint density at radius 1 is 1.29 bits per heavy atom. The van der Waals surface area contributed by atoms with Crippen LogP contribution in [0, 0.1) is 0 Å². The van der Waals surface area contributed by atoms with Crippen molar-refractivity contribution in [2.75, 3.05) is 0 Å². The van der Waals surface area contributed by atoms with Gasteiger partial charge in [0.2, 0.25) is 0 Å².